The molecule has 0 radical (unpaired) electrons. The number of aromatic nitrogens is 2. The van der Waals surface area contributed by atoms with Gasteiger partial charge in [0.25, 0.3) is 0 Å². The van der Waals surface area contributed by atoms with Gasteiger partial charge in [-0.15, -0.1) is 0 Å². The molecular formula is C22H21N3O. The highest BCUT2D eigenvalue weighted by Gasteiger charge is 2.29. The van der Waals surface area contributed by atoms with Crippen LogP contribution in [0, 0.1) is 13.8 Å². The molecule has 1 N–H and O–H groups in total. The summed E-state index contributed by atoms with van der Waals surface area (Å²) in [6.45, 7) is 3.94. The van der Waals surface area contributed by atoms with Gasteiger partial charge in [0.1, 0.15) is 0 Å². The number of Topliss-reactive ketones (excluding diaryl/α,β-unsaturated/α-hetero) is 1. The second-order valence-corrected chi connectivity index (χ2v) is 6.89. The van der Waals surface area contributed by atoms with Crippen molar-refractivity contribution in [2.24, 2.45) is 0 Å². The van der Waals surface area contributed by atoms with E-state index < -0.39 is 0 Å². The first-order valence-electron chi connectivity index (χ1n) is 8.89. The first-order valence-corrected chi connectivity index (χ1v) is 8.89. The maximum absolute atomic E-state index is 12.7. The van der Waals surface area contributed by atoms with Gasteiger partial charge in [-0.3, -0.25) is 4.79 Å². The van der Waals surface area contributed by atoms with Gasteiger partial charge < -0.3 is 5.32 Å². The van der Waals surface area contributed by atoms with E-state index >= 15 is 0 Å². The number of rotatable bonds is 3. The second kappa shape index (κ2) is 6.71. The van der Waals surface area contributed by atoms with Gasteiger partial charge in [0.15, 0.2) is 5.78 Å². The van der Waals surface area contributed by atoms with Gasteiger partial charge in [-0.1, -0.05) is 42.5 Å². The smallest absolute Gasteiger partial charge is 0.227 e. The Morgan fingerprint density at radius 1 is 0.962 bits per heavy atom. The molecule has 2 aromatic carbocycles. The minimum Gasteiger partial charge on any atom is -0.324 e. The number of hydrogen-bond acceptors (Lipinski definition) is 4. The summed E-state index contributed by atoms with van der Waals surface area (Å²) in [5.41, 5.74) is 5.61. The zero-order chi connectivity index (χ0) is 18.1. The molecule has 0 amide bonds. The number of nitrogens with one attached hydrogen (secondary N) is 1. The lowest BCUT2D eigenvalue weighted by Crippen LogP contribution is -2.22. The van der Waals surface area contributed by atoms with Crippen molar-refractivity contribution in [2.45, 2.75) is 32.6 Å². The van der Waals surface area contributed by atoms with Crippen molar-refractivity contribution in [3.05, 3.63) is 82.7 Å². The van der Waals surface area contributed by atoms with Gasteiger partial charge in [-0.2, -0.15) is 0 Å². The number of anilines is 2. The van der Waals surface area contributed by atoms with Crippen LogP contribution in [0.25, 0.3) is 0 Å². The molecule has 1 heterocycles. The molecule has 4 heteroatoms. The van der Waals surface area contributed by atoms with E-state index in [-0.39, 0.29) is 11.7 Å². The maximum atomic E-state index is 12.7. The van der Waals surface area contributed by atoms with Gasteiger partial charge in [-0.05, 0) is 49.4 Å². The summed E-state index contributed by atoms with van der Waals surface area (Å²) in [5, 5.41) is 3.27. The summed E-state index contributed by atoms with van der Waals surface area (Å²) in [6.07, 6.45) is 1.28. The molecule has 130 valence electrons. The minimum absolute atomic E-state index is 0.139. The number of carbonyl (C=O) groups is 1. The van der Waals surface area contributed by atoms with E-state index in [9.17, 15) is 4.79 Å². The van der Waals surface area contributed by atoms with Crippen LogP contribution in [0.15, 0.2) is 54.6 Å². The zero-order valence-electron chi connectivity index (χ0n) is 15.0. The minimum atomic E-state index is 0.139. The molecule has 26 heavy (non-hydrogen) atoms. The highest BCUT2D eigenvalue weighted by atomic mass is 16.1. The average molecular weight is 343 g/mol. The third kappa shape index (κ3) is 3.23. The molecule has 0 fully saturated rings. The van der Waals surface area contributed by atoms with Gasteiger partial charge in [0.05, 0.1) is 17.0 Å². The quantitative estimate of drug-likeness (QED) is 0.745. The fraction of sp³-hybridized carbons (Fsp3) is 0.227. The van der Waals surface area contributed by atoms with Gasteiger partial charge in [0.2, 0.25) is 5.95 Å². The van der Waals surface area contributed by atoms with Crippen molar-refractivity contribution in [1.82, 2.24) is 9.97 Å². The van der Waals surface area contributed by atoms with Crippen molar-refractivity contribution in [3.63, 3.8) is 0 Å². The molecule has 0 saturated heterocycles. The van der Waals surface area contributed by atoms with Crippen LogP contribution in [0.1, 0.15) is 45.2 Å². The first kappa shape index (κ1) is 16.5. The summed E-state index contributed by atoms with van der Waals surface area (Å²) < 4.78 is 0. The molecule has 0 unspecified atom stereocenters. The van der Waals surface area contributed by atoms with Crippen molar-refractivity contribution in [1.29, 1.82) is 0 Å². The Kier molecular flexibility index (Phi) is 4.25. The Morgan fingerprint density at radius 2 is 1.77 bits per heavy atom. The molecule has 4 nitrogen and oxygen atoms in total. The molecule has 0 spiro atoms. The number of hydrogen-bond donors (Lipinski definition) is 1. The lowest BCUT2D eigenvalue weighted by atomic mass is 9.81. The molecule has 1 atom stereocenters. The molecule has 1 aromatic heterocycles. The van der Waals surface area contributed by atoms with E-state index in [0.717, 1.165) is 23.5 Å². The summed E-state index contributed by atoms with van der Waals surface area (Å²) in [7, 11) is 0. The van der Waals surface area contributed by atoms with Gasteiger partial charge in [-0.25, -0.2) is 9.97 Å². The fourth-order valence-corrected chi connectivity index (χ4v) is 3.64. The summed E-state index contributed by atoms with van der Waals surface area (Å²) in [4.78, 5) is 21.9. The lowest BCUT2D eigenvalue weighted by Gasteiger charge is -2.24. The van der Waals surface area contributed by atoms with Gasteiger partial charge >= 0.3 is 0 Å². The van der Waals surface area contributed by atoms with Crippen LogP contribution in [0.4, 0.5) is 11.6 Å². The van der Waals surface area contributed by atoms with Crippen molar-refractivity contribution in [2.75, 3.05) is 5.32 Å². The molecule has 1 aliphatic carbocycles. The Morgan fingerprint density at radius 3 is 2.54 bits per heavy atom. The predicted octanol–water partition coefficient (Wildman–Crippen LogP) is 4.75. The largest absolute Gasteiger partial charge is 0.324 e. The van der Waals surface area contributed by atoms with E-state index in [1.165, 1.54) is 11.1 Å². The third-order valence-corrected chi connectivity index (χ3v) is 4.86. The van der Waals surface area contributed by atoms with E-state index in [0.29, 0.717) is 17.9 Å². The molecule has 0 saturated carbocycles. The topological polar surface area (TPSA) is 54.9 Å². The van der Waals surface area contributed by atoms with Crippen LogP contribution in [0.5, 0.6) is 0 Å². The molecule has 1 aliphatic rings. The first-order chi connectivity index (χ1) is 12.6. The Labute approximate surface area is 153 Å². The van der Waals surface area contributed by atoms with Gasteiger partial charge in [0, 0.05) is 12.1 Å². The van der Waals surface area contributed by atoms with Crippen molar-refractivity contribution < 1.29 is 4.79 Å². The van der Waals surface area contributed by atoms with E-state index in [1.54, 1.807) is 0 Å². The number of carbonyl (C=O) groups excluding carboxylic acids is 1. The number of ketones is 1. The maximum Gasteiger partial charge on any atom is 0.227 e. The highest BCUT2D eigenvalue weighted by molar-refractivity contribution is 5.99. The van der Waals surface area contributed by atoms with Crippen molar-refractivity contribution in [3.8, 4) is 0 Å². The Balaban J connectivity index is 1.67. The van der Waals surface area contributed by atoms with E-state index in [4.69, 9.17) is 0 Å². The van der Waals surface area contributed by atoms with Crippen molar-refractivity contribution >= 4 is 17.4 Å². The summed E-state index contributed by atoms with van der Waals surface area (Å²) in [5.74, 6) is 0.866. The van der Waals surface area contributed by atoms with Crippen LogP contribution >= 0.6 is 0 Å². The molecular weight excluding hydrogens is 322 g/mol. The number of benzene rings is 2. The molecule has 4 rings (SSSR count). The fourth-order valence-electron chi connectivity index (χ4n) is 3.64. The zero-order valence-corrected chi connectivity index (χ0v) is 15.0. The lowest BCUT2D eigenvalue weighted by molar-refractivity contribution is 0.0962. The van der Waals surface area contributed by atoms with Crippen LogP contribution in [0.2, 0.25) is 0 Å². The monoisotopic (exact) mass is 343 g/mol. The normalized spacial score (nSPS) is 16.2. The second-order valence-electron chi connectivity index (χ2n) is 6.89. The predicted molar refractivity (Wildman–Crippen MR) is 103 cm³/mol. The Bertz CT molecular complexity index is 966. The molecule has 0 bridgehead atoms. The number of nitrogens with zero attached hydrogens (tertiary/aromatic N) is 2. The summed E-state index contributed by atoms with van der Waals surface area (Å²) >= 11 is 0. The van der Waals surface area contributed by atoms with Crippen LogP contribution in [-0.4, -0.2) is 15.8 Å². The number of aryl methyl sites for hydroxylation is 2. The molecule has 3 aromatic rings. The number of fused-ring (bicyclic) bond motifs is 1. The van der Waals surface area contributed by atoms with Crippen LogP contribution < -0.4 is 5.32 Å². The standard InChI is InChI=1S/C22H21N3O/c1-14-7-6-10-18(11-14)24-22-23-15(2)21-19(25-22)12-17(13-20(21)26)16-8-4-3-5-9-16/h3-11,17H,12-13H2,1-2H3,(H,23,24,25)/t17-/m0/s1. The van der Waals surface area contributed by atoms with Crippen LogP contribution in [-0.2, 0) is 6.42 Å². The van der Waals surface area contributed by atoms with E-state index in [2.05, 4.69) is 33.5 Å². The Hall–Kier alpha value is -3.01. The average Bonchev–Trinajstić information content (AvgIpc) is 2.62. The van der Waals surface area contributed by atoms with E-state index in [1.807, 2.05) is 50.2 Å². The molecule has 0 aliphatic heterocycles. The summed E-state index contributed by atoms with van der Waals surface area (Å²) in [6, 6.07) is 18.3. The highest BCUT2D eigenvalue weighted by Crippen LogP contribution is 2.33. The van der Waals surface area contributed by atoms with Crippen LogP contribution in [0.3, 0.4) is 0 Å². The SMILES string of the molecule is Cc1cccc(Nc2nc(C)c3c(n2)C[C@H](c2ccccc2)CC3=O)c1. The third-order valence-electron chi connectivity index (χ3n) is 4.86.